The summed E-state index contributed by atoms with van der Waals surface area (Å²) in [4.78, 5) is 8.43. The summed E-state index contributed by atoms with van der Waals surface area (Å²) in [6.45, 7) is 3.54. The zero-order chi connectivity index (χ0) is 13.9. The molecule has 0 saturated heterocycles. The normalized spacial score (nSPS) is 11.4. The van der Waals surface area contributed by atoms with Crippen molar-refractivity contribution in [2.45, 2.75) is 19.4 Å². The molecule has 2 aromatic rings. The van der Waals surface area contributed by atoms with E-state index < -0.39 is 5.60 Å². The van der Waals surface area contributed by atoms with Crippen LogP contribution in [0.3, 0.4) is 0 Å². The van der Waals surface area contributed by atoms with E-state index >= 15 is 0 Å². The Morgan fingerprint density at radius 2 is 1.95 bits per heavy atom. The molecule has 0 aliphatic carbocycles. The van der Waals surface area contributed by atoms with Crippen molar-refractivity contribution < 1.29 is 9.84 Å². The van der Waals surface area contributed by atoms with Crippen molar-refractivity contribution in [3.8, 4) is 17.1 Å². The molecule has 1 heterocycles. The number of ether oxygens (including phenoxy) is 1. The lowest BCUT2D eigenvalue weighted by atomic mass is 10.2. The van der Waals surface area contributed by atoms with Crippen LogP contribution in [0.25, 0.3) is 11.4 Å². The largest absolute Gasteiger partial charge is 0.487 e. The molecule has 1 aromatic heterocycles. The van der Waals surface area contributed by atoms with Gasteiger partial charge in [-0.1, -0.05) is 23.7 Å². The molecule has 0 atom stereocenters. The van der Waals surface area contributed by atoms with Gasteiger partial charge in [0, 0.05) is 10.6 Å². The maximum atomic E-state index is 9.56. The Labute approximate surface area is 117 Å². The molecule has 0 unspecified atom stereocenters. The highest BCUT2D eigenvalue weighted by atomic mass is 35.5. The summed E-state index contributed by atoms with van der Waals surface area (Å²) >= 11 is 5.92. The Hall–Kier alpha value is -1.65. The van der Waals surface area contributed by atoms with Crippen LogP contribution < -0.4 is 4.74 Å². The number of aliphatic hydroxyl groups is 1. The van der Waals surface area contributed by atoms with Gasteiger partial charge >= 0.3 is 0 Å². The van der Waals surface area contributed by atoms with Crippen molar-refractivity contribution in [3.63, 3.8) is 0 Å². The first-order valence-corrected chi connectivity index (χ1v) is 6.25. The molecule has 0 aliphatic rings. The number of hydrogen-bond donors (Lipinski definition) is 1. The van der Waals surface area contributed by atoms with Gasteiger partial charge in [-0.3, -0.25) is 0 Å². The highest BCUT2D eigenvalue weighted by Gasteiger charge is 2.13. The van der Waals surface area contributed by atoms with Crippen molar-refractivity contribution in [3.05, 3.63) is 41.7 Å². The van der Waals surface area contributed by atoms with Gasteiger partial charge in [-0.05, 0) is 26.0 Å². The van der Waals surface area contributed by atoms with E-state index in [4.69, 9.17) is 16.3 Å². The Morgan fingerprint density at radius 3 is 2.53 bits per heavy atom. The maximum absolute atomic E-state index is 9.56. The van der Waals surface area contributed by atoms with Gasteiger partial charge in [0.25, 0.3) is 0 Å². The van der Waals surface area contributed by atoms with E-state index in [1.54, 1.807) is 38.4 Å². The lowest BCUT2D eigenvalue weighted by Gasteiger charge is -2.17. The van der Waals surface area contributed by atoms with Gasteiger partial charge in [0.1, 0.15) is 6.61 Å². The fraction of sp³-hybridized carbons (Fsp3) is 0.286. The molecule has 0 bridgehead atoms. The summed E-state index contributed by atoms with van der Waals surface area (Å²) in [6.07, 6.45) is 3.16. The van der Waals surface area contributed by atoms with E-state index in [1.807, 2.05) is 12.1 Å². The monoisotopic (exact) mass is 278 g/mol. The molecule has 0 amide bonds. The Kier molecular flexibility index (Phi) is 4.02. The zero-order valence-electron chi connectivity index (χ0n) is 10.8. The lowest BCUT2D eigenvalue weighted by Crippen LogP contribution is -2.27. The van der Waals surface area contributed by atoms with Crippen LogP contribution in [0, 0.1) is 0 Å². The van der Waals surface area contributed by atoms with Crippen molar-refractivity contribution >= 4 is 11.6 Å². The molecule has 100 valence electrons. The van der Waals surface area contributed by atoms with E-state index in [0.717, 1.165) is 5.56 Å². The fourth-order valence-electron chi connectivity index (χ4n) is 1.43. The predicted octanol–water partition coefficient (Wildman–Crippen LogP) is 2.95. The molecule has 1 N–H and O–H groups in total. The number of benzene rings is 1. The molecule has 0 radical (unpaired) electrons. The summed E-state index contributed by atoms with van der Waals surface area (Å²) in [5, 5.41) is 10.2. The Morgan fingerprint density at radius 1 is 1.26 bits per heavy atom. The number of rotatable bonds is 4. The molecule has 2 rings (SSSR count). The first kappa shape index (κ1) is 13.8. The predicted molar refractivity (Wildman–Crippen MR) is 74.3 cm³/mol. The molecule has 0 fully saturated rings. The molecule has 0 aliphatic heterocycles. The van der Waals surface area contributed by atoms with E-state index in [9.17, 15) is 5.11 Å². The summed E-state index contributed by atoms with van der Waals surface area (Å²) in [5.74, 6) is 1.10. The van der Waals surface area contributed by atoms with Crippen LogP contribution in [-0.4, -0.2) is 27.3 Å². The van der Waals surface area contributed by atoms with Gasteiger partial charge in [-0.25, -0.2) is 9.97 Å². The van der Waals surface area contributed by atoms with Crippen LogP contribution in [0.2, 0.25) is 5.02 Å². The maximum Gasteiger partial charge on any atom is 0.159 e. The minimum absolute atomic E-state index is 0.187. The van der Waals surface area contributed by atoms with Crippen molar-refractivity contribution in [2.24, 2.45) is 0 Å². The molecule has 4 nitrogen and oxygen atoms in total. The number of nitrogens with zero attached hydrogens (tertiary/aromatic N) is 2. The zero-order valence-corrected chi connectivity index (χ0v) is 11.6. The van der Waals surface area contributed by atoms with E-state index in [2.05, 4.69) is 9.97 Å². The highest BCUT2D eigenvalue weighted by molar-refractivity contribution is 6.30. The van der Waals surface area contributed by atoms with Gasteiger partial charge in [0.15, 0.2) is 11.6 Å². The average molecular weight is 279 g/mol. The molecular formula is C14H15ClN2O2. The highest BCUT2D eigenvalue weighted by Crippen LogP contribution is 2.20. The lowest BCUT2D eigenvalue weighted by molar-refractivity contribution is 0.0282. The molecular weight excluding hydrogens is 264 g/mol. The molecule has 0 spiro atoms. The summed E-state index contributed by atoms with van der Waals surface area (Å²) in [7, 11) is 0. The van der Waals surface area contributed by atoms with Gasteiger partial charge in [-0.15, -0.1) is 0 Å². The first-order chi connectivity index (χ1) is 8.94. The molecule has 5 heteroatoms. The van der Waals surface area contributed by atoms with Gasteiger partial charge in [0.05, 0.1) is 18.0 Å². The van der Waals surface area contributed by atoms with E-state index in [1.165, 1.54) is 0 Å². The van der Waals surface area contributed by atoms with Crippen molar-refractivity contribution in [1.29, 1.82) is 0 Å². The quantitative estimate of drug-likeness (QED) is 0.934. The van der Waals surface area contributed by atoms with Crippen LogP contribution in [0.1, 0.15) is 13.8 Å². The standard InChI is InChI=1S/C14H15ClN2O2/c1-14(2,18)9-19-12-7-16-13(17-8-12)10-4-3-5-11(15)6-10/h3-8,18H,9H2,1-2H3. The number of aromatic nitrogens is 2. The number of halogens is 1. The van der Waals surface area contributed by atoms with Crippen molar-refractivity contribution in [2.75, 3.05) is 6.61 Å². The van der Waals surface area contributed by atoms with Crippen LogP contribution >= 0.6 is 11.6 Å². The van der Waals surface area contributed by atoms with Crippen LogP contribution in [-0.2, 0) is 0 Å². The molecule has 19 heavy (non-hydrogen) atoms. The molecule has 1 aromatic carbocycles. The minimum atomic E-state index is -0.883. The second-order valence-electron chi connectivity index (χ2n) is 4.85. The average Bonchev–Trinajstić information content (AvgIpc) is 2.36. The smallest absolute Gasteiger partial charge is 0.159 e. The summed E-state index contributed by atoms with van der Waals surface area (Å²) in [6, 6.07) is 7.33. The third-order valence-corrected chi connectivity index (χ3v) is 2.54. The Bertz CT molecular complexity index is 550. The second kappa shape index (κ2) is 5.55. The number of hydrogen-bond acceptors (Lipinski definition) is 4. The van der Waals surface area contributed by atoms with Gasteiger partial charge in [0.2, 0.25) is 0 Å². The van der Waals surface area contributed by atoms with Gasteiger partial charge in [-0.2, -0.15) is 0 Å². The Balaban J connectivity index is 2.10. The van der Waals surface area contributed by atoms with Crippen LogP contribution in [0.4, 0.5) is 0 Å². The minimum Gasteiger partial charge on any atom is -0.487 e. The van der Waals surface area contributed by atoms with E-state index in [-0.39, 0.29) is 6.61 Å². The van der Waals surface area contributed by atoms with Gasteiger partial charge < -0.3 is 9.84 Å². The topological polar surface area (TPSA) is 55.2 Å². The summed E-state index contributed by atoms with van der Waals surface area (Å²) < 4.78 is 5.38. The van der Waals surface area contributed by atoms with Crippen LogP contribution in [0.5, 0.6) is 5.75 Å². The summed E-state index contributed by atoms with van der Waals surface area (Å²) in [5.41, 5.74) is -0.0347. The molecule has 0 saturated carbocycles. The van der Waals surface area contributed by atoms with E-state index in [0.29, 0.717) is 16.6 Å². The van der Waals surface area contributed by atoms with Crippen LogP contribution in [0.15, 0.2) is 36.7 Å². The van der Waals surface area contributed by atoms with Crippen molar-refractivity contribution in [1.82, 2.24) is 9.97 Å². The first-order valence-electron chi connectivity index (χ1n) is 5.87. The third-order valence-electron chi connectivity index (χ3n) is 2.30. The third kappa shape index (κ3) is 4.19. The second-order valence-corrected chi connectivity index (χ2v) is 5.29. The fourth-order valence-corrected chi connectivity index (χ4v) is 1.62. The SMILES string of the molecule is CC(C)(O)COc1cnc(-c2cccc(Cl)c2)nc1.